The summed E-state index contributed by atoms with van der Waals surface area (Å²) in [7, 11) is -1.78. The number of carbonyl (C=O) groups is 1. The fourth-order valence-corrected chi connectivity index (χ4v) is 6.91. The predicted molar refractivity (Wildman–Crippen MR) is 109 cm³/mol. The molecule has 2 aliphatic rings. The van der Waals surface area contributed by atoms with E-state index in [1.54, 1.807) is 0 Å². The van der Waals surface area contributed by atoms with Gasteiger partial charge in [0, 0.05) is 6.42 Å². The number of hydrogen-bond donors (Lipinski definition) is 0. The van der Waals surface area contributed by atoms with E-state index in [0.29, 0.717) is 24.4 Å². The fraction of sp³-hybridized carbons (Fsp3) is 0.864. The normalized spacial score (nSPS) is 36.0. The van der Waals surface area contributed by atoms with Gasteiger partial charge in [0.1, 0.15) is 6.29 Å². The first-order valence-electron chi connectivity index (χ1n) is 10.1. The van der Waals surface area contributed by atoms with E-state index in [4.69, 9.17) is 4.43 Å². The van der Waals surface area contributed by atoms with Crippen LogP contribution in [-0.2, 0) is 9.22 Å². The van der Waals surface area contributed by atoms with Crippen molar-refractivity contribution >= 4 is 14.6 Å². The van der Waals surface area contributed by atoms with Crippen LogP contribution in [0.25, 0.3) is 0 Å². The Morgan fingerprint density at radius 1 is 1.24 bits per heavy atom. The minimum absolute atomic E-state index is 0.143. The molecule has 3 heteroatoms. The van der Waals surface area contributed by atoms with Gasteiger partial charge in [-0.3, -0.25) is 0 Å². The lowest BCUT2D eigenvalue weighted by Crippen LogP contribution is -2.58. The largest absolute Gasteiger partial charge is 0.413 e. The molecule has 0 N–H and O–H groups in total. The van der Waals surface area contributed by atoms with Crippen LogP contribution in [0.3, 0.4) is 0 Å². The van der Waals surface area contributed by atoms with E-state index in [0.717, 1.165) is 25.5 Å². The topological polar surface area (TPSA) is 26.3 Å². The van der Waals surface area contributed by atoms with Gasteiger partial charge in [0.2, 0.25) is 0 Å². The van der Waals surface area contributed by atoms with Crippen LogP contribution in [0.1, 0.15) is 73.6 Å². The third-order valence-electron chi connectivity index (χ3n) is 8.09. The van der Waals surface area contributed by atoms with Crippen molar-refractivity contribution in [2.24, 2.45) is 22.7 Å². The molecule has 2 saturated carbocycles. The minimum atomic E-state index is -1.78. The standard InChI is InChI=1S/C22H40O2Si/c1-16-10-11-18-21(5,6)19(24-25(8,9)20(2,3)4)12-14-22(18,7)17(16)13-15-23/h15,17-19H,1,10-14H2,2-9H3/t17-,18-,19-,22+/m0/s1. The lowest BCUT2D eigenvalue weighted by atomic mass is 9.46. The second-order valence-corrected chi connectivity index (χ2v) is 15.7. The van der Waals surface area contributed by atoms with Crippen molar-refractivity contribution in [2.75, 3.05) is 0 Å². The number of allylic oxidation sites excluding steroid dienone is 1. The number of carbonyl (C=O) groups excluding carboxylic acids is 1. The third kappa shape index (κ3) is 3.56. The van der Waals surface area contributed by atoms with Gasteiger partial charge in [-0.25, -0.2) is 0 Å². The minimum Gasteiger partial charge on any atom is -0.413 e. The monoisotopic (exact) mass is 364 g/mol. The zero-order chi connectivity index (χ0) is 19.3. The van der Waals surface area contributed by atoms with Gasteiger partial charge < -0.3 is 9.22 Å². The van der Waals surface area contributed by atoms with Gasteiger partial charge in [0.25, 0.3) is 0 Å². The van der Waals surface area contributed by atoms with Gasteiger partial charge in [-0.1, -0.05) is 53.7 Å². The van der Waals surface area contributed by atoms with Crippen LogP contribution in [0.5, 0.6) is 0 Å². The van der Waals surface area contributed by atoms with E-state index in [9.17, 15) is 4.79 Å². The van der Waals surface area contributed by atoms with E-state index < -0.39 is 8.32 Å². The number of hydrogen-bond acceptors (Lipinski definition) is 2. The summed E-state index contributed by atoms with van der Waals surface area (Å²) in [6.45, 7) is 23.3. The molecule has 0 aromatic carbocycles. The van der Waals surface area contributed by atoms with Crippen molar-refractivity contribution in [2.45, 2.75) is 97.9 Å². The highest BCUT2D eigenvalue weighted by Crippen LogP contribution is 2.62. The SMILES string of the molecule is C=C1CC[C@H]2C(C)(C)[C@@H](O[Si](C)(C)C(C)(C)C)CC[C@]2(C)[C@H]1CC=O. The van der Waals surface area contributed by atoms with E-state index in [-0.39, 0.29) is 15.9 Å². The molecule has 0 amide bonds. The molecule has 0 aliphatic heterocycles. The Kier molecular flexibility index (Phi) is 5.54. The van der Waals surface area contributed by atoms with Gasteiger partial charge in [0.05, 0.1) is 6.10 Å². The van der Waals surface area contributed by atoms with Crippen molar-refractivity contribution in [3.8, 4) is 0 Å². The highest BCUT2D eigenvalue weighted by atomic mass is 28.4. The van der Waals surface area contributed by atoms with Gasteiger partial charge in [0.15, 0.2) is 8.32 Å². The molecule has 0 aromatic heterocycles. The summed E-state index contributed by atoms with van der Waals surface area (Å²) in [5.74, 6) is 0.941. The molecule has 2 rings (SSSR count). The lowest BCUT2D eigenvalue weighted by Gasteiger charge is -2.61. The molecule has 2 aliphatic carbocycles. The average molecular weight is 365 g/mol. The lowest BCUT2D eigenvalue weighted by molar-refractivity contribution is -0.126. The zero-order valence-electron chi connectivity index (χ0n) is 17.9. The Morgan fingerprint density at radius 2 is 1.84 bits per heavy atom. The van der Waals surface area contributed by atoms with Crippen molar-refractivity contribution in [3.05, 3.63) is 12.2 Å². The molecule has 2 fully saturated rings. The molecule has 0 bridgehead atoms. The second kappa shape index (κ2) is 6.63. The molecular weight excluding hydrogens is 324 g/mol. The van der Waals surface area contributed by atoms with Gasteiger partial charge in [-0.05, 0) is 66.5 Å². The van der Waals surface area contributed by atoms with Crippen LogP contribution >= 0.6 is 0 Å². The van der Waals surface area contributed by atoms with Crippen LogP contribution in [0.15, 0.2) is 12.2 Å². The molecule has 0 radical (unpaired) electrons. The first kappa shape index (κ1) is 20.9. The Balaban J connectivity index is 2.30. The highest BCUT2D eigenvalue weighted by Gasteiger charge is 2.57. The summed E-state index contributed by atoms with van der Waals surface area (Å²) in [6, 6.07) is 0. The molecule has 0 spiro atoms. The molecule has 0 unspecified atom stereocenters. The maximum atomic E-state index is 11.3. The van der Waals surface area contributed by atoms with Crippen molar-refractivity contribution < 1.29 is 9.22 Å². The third-order valence-corrected chi connectivity index (χ3v) is 12.6. The molecule has 0 heterocycles. The van der Waals surface area contributed by atoms with E-state index >= 15 is 0 Å². The van der Waals surface area contributed by atoms with Crippen molar-refractivity contribution in [3.63, 3.8) is 0 Å². The first-order chi connectivity index (χ1) is 11.3. The summed E-state index contributed by atoms with van der Waals surface area (Å²) >= 11 is 0. The smallest absolute Gasteiger partial charge is 0.192 e. The molecule has 0 aromatic rings. The second-order valence-electron chi connectivity index (χ2n) is 10.9. The van der Waals surface area contributed by atoms with Crippen LogP contribution in [0.4, 0.5) is 0 Å². The van der Waals surface area contributed by atoms with E-state index in [1.165, 1.54) is 12.0 Å². The molecule has 4 atom stereocenters. The molecule has 144 valence electrons. The number of aldehydes is 1. The number of rotatable bonds is 4. The summed E-state index contributed by atoms with van der Waals surface area (Å²) in [5, 5.41) is 0.241. The number of fused-ring (bicyclic) bond motifs is 1. The Hall–Kier alpha value is -0.413. The van der Waals surface area contributed by atoms with Crippen LogP contribution in [-0.4, -0.2) is 20.7 Å². The van der Waals surface area contributed by atoms with Crippen LogP contribution < -0.4 is 0 Å². The summed E-state index contributed by atoms with van der Waals surface area (Å²) in [6.07, 6.45) is 6.58. The van der Waals surface area contributed by atoms with Crippen molar-refractivity contribution in [1.29, 1.82) is 0 Å². The van der Waals surface area contributed by atoms with Crippen molar-refractivity contribution in [1.82, 2.24) is 0 Å². The molecule has 0 saturated heterocycles. The fourth-order valence-electron chi connectivity index (χ4n) is 5.43. The zero-order valence-corrected chi connectivity index (χ0v) is 18.9. The van der Waals surface area contributed by atoms with E-state index in [2.05, 4.69) is 61.2 Å². The first-order valence-corrected chi connectivity index (χ1v) is 13.0. The van der Waals surface area contributed by atoms with E-state index in [1.807, 2.05) is 0 Å². The van der Waals surface area contributed by atoms with Gasteiger partial charge >= 0.3 is 0 Å². The maximum Gasteiger partial charge on any atom is 0.192 e. The maximum absolute atomic E-state index is 11.3. The highest BCUT2D eigenvalue weighted by molar-refractivity contribution is 6.74. The molecular formula is C22H40O2Si. The summed E-state index contributed by atoms with van der Waals surface area (Å²) in [4.78, 5) is 11.3. The van der Waals surface area contributed by atoms with Crippen LogP contribution in [0.2, 0.25) is 18.1 Å². The molecule has 2 nitrogen and oxygen atoms in total. The Morgan fingerprint density at radius 3 is 2.36 bits per heavy atom. The van der Waals surface area contributed by atoms with Gasteiger partial charge in [-0.2, -0.15) is 0 Å². The average Bonchev–Trinajstić information content (AvgIpc) is 2.45. The van der Waals surface area contributed by atoms with Gasteiger partial charge in [-0.15, -0.1) is 0 Å². The molecule has 25 heavy (non-hydrogen) atoms. The Bertz CT molecular complexity index is 529. The van der Waals surface area contributed by atoms with Crippen LogP contribution in [0, 0.1) is 22.7 Å². The predicted octanol–water partition coefficient (Wildman–Crippen LogP) is 6.37. The summed E-state index contributed by atoms with van der Waals surface area (Å²) in [5.41, 5.74) is 1.63. The summed E-state index contributed by atoms with van der Waals surface area (Å²) < 4.78 is 6.92. The Labute approximate surface area is 156 Å². The quantitative estimate of drug-likeness (QED) is 0.329.